The van der Waals surface area contributed by atoms with Crippen LogP contribution in [0, 0.1) is 0 Å². The minimum atomic E-state index is 0.764. The fraction of sp³-hybridized carbons (Fsp3) is 0.333. The topological polar surface area (TPSA) is 12.5 Å². The van der Waals surface area contributed by atoms with Gasteiger partial charge in [0.2, 0.25) is 0 Å². The maximum Gasteiger partial charge on any atom is 0.119 e. The number of para-hydroxylation sites is 1. The molecule has 0 aromatic heterocycles. The lowest BCUT2D eigenvalue weighted by Crippen LogP contribution is -2.12. The molecule has 0 N–H and O–H groups in total. The molecule has 106 valence electrons. The third-order valence-corrected chi connectivity index (χ3v) is 3.21. The summed E-state index contributed by atoms with van der Waals surface area (Å²) >= 11 is 0. The van der Waals surface area contributed by atoms with Gasteiger partial charge in [-0.05, 0) is 50.2 Å². The average molecular weight is 269 g/mol. The van der Waals surface area contributed by atoms with Crippen molar-refractivity contribution in [2.24, 2.45) is 0 Å². The van der Waals surface area contributed by atoms with Gasteiger partial charge in [0.05, 0.1) is 6.61 Å². The molecule has 2 nitrogen and oxygen atoms in total. The van der Waals surface area contributed by atoms with Crippen LogP contribution in [0.2, 0.25) is 0 Å². The Labute approximate surface area is 122 Å². The summed E-state index contributed by atoms with van der Waals surface area (Å²) in [6.45, 7) is 1.76. The molecule has 2 aromatic rings. The number of hydrogen-bond donors (Lipinski definition) is 0. The minimum absolute atomic E-state index is 0.764. The summed E-state index contributed by atoms with van der Waals surface area (Å²) in [7, 11) is 4.21. The van der Waals surface area contributed by atoms with Crippen LogP contribution in [0.1, 0.15) is 17.5 Å². The molecule has 0 heterocycles. The minimum Gasteiger partial charge on any atom is -0.494 e. The second-order valence-corrected chi connectivity index (χ2v) is 5.27. The Morgan fingerprint density at radius 3 is 2.20 bits per heavy atom. The Kier molecular flexibility index (Phi) is 5.63. The van der Waals surface area contributed by atoms with Crippen molar-refractivity contribution >= 4 is 0 Å². The maximum absolute atomic E-state index is 5.74. The first-order chi connectivity index (χ1) is 9.75. The number of hydrogen-bond acceptors (Lipinski definition) is 2. The Morgan fingerprint density at radius 2 is 1.50 bits per heavy atom. The van der Waals surface area contributed by atoms with Crippen LogP contribution < -0.4 is 4.74 Å². The summed E-state index contributed by atoms with van der Waals surface area (Å²) in [5.41, 5.74) is 2.84. The van der Waals surface area contributed by atoms with Crippen molar-refractivity contribution in [2.45, 2.75) is 19.4 Å². The second-order valence-electron chi connectivity index (χ2n) is 5.27. The molecule has 0 saturated heterocycles. The number of aryl methyl sites for hydroxylation is 1. The van der Waals surface area contributed by atoms with Crippen LogP contribution in [0.25, 0.3) is 0 Å². The van der Waals surface area contributed by atoms with E-state index in [0.29, 0.717) is 0 Å². The molecule has 2 heteroatoms. The highest BCUT2D eigenvalue weighted by atomic mass is 16.5. The van der Waals surface area contributed by atoms with E-state index in [1.54, 1.807) is 0 Å². The Bertz CT molecular complexity index is 508. The zero-order valence-electron chi connectivity index (χ0n) is 12.4. The van der Waals surface area contributed by atoms with E-state index in [2.05, 4.69) is 43.3 Å². The summed E-state index contributed by atoms with van der Waals surface area (Å²) in [5.74, 6) is 0.953. The van der Waals surface area contributed by atoms with Gasteiger partial charge < -0.3 is 9.64 Å². The molecule has 0 bridgehead atoms. The molecule has 0 saturated carbocycles. The zero-order chi connectivity index (χ0) is 14.2. The molecule has 0 amide bonds. The molecule has 0 aliphatic rings. The highest BCUT2D eigenvalue weighted by Crippen LogP contribution is 2.14. The standard InChI is InChI=1S/C18H23NO/c1-19(2)15-17-10-7-6-9-16(17)11-8-14-20-18-12-4-3-5-13-18/h3-7,9-10,12-13H,8,11,14-15H2,1-2H3. The van der Waals surface area contributed by atoms with Gasteiger partial charge in [-0.1, -0.05) is 42.5 Å². The third kappa shape index (κ3) is 4.71. The van der Waals surface area contributed by atoms with E-state index in [0.717, 1.165) is 31.7 Å². The van der Waals surface area contributed by atoms with Gasteiger partial charge >= 0.3 is 0 Å². The van der Waals surface area contributed by atoms with E-state index in [4.69, 9.17) is 4.74 Å². The monoisotopic (exact) mass is 269 g/mol. The average Bonchev–Trinajstić information content (AvgIpc) is 2.46. The summed E-state index contributed by atoms with van der Waals surface area (Å²) in [6, 6.07) is 18.7. The smallest absolute Gasteiger partial charge is 0.119 e. The zero-order valence-corrected chi connectivity index (χ0v) is 12.4. The van der Waals surface area contributed by atoms with Crippen molar-refractivity contribution in [1.82, 2.24) is 4.90 Å². The normalized spacial score (nSPS) is 10.8. The van der Waals surface area contributed by atoms with Gasteiger partial charge in [-0.3, -0.25) is 0 Å². The van der Waals surface area contributed by atoms with Crippen molar-refractivity contribution in [3.63, 3.8) is 0 Å². The largest absolute Gasteiger partial charge is 0.494 e. The van der Waals surface area contributed by atoms with Gasteiger partial charge in [0.25, 0.3) is 0 Å². The number of rotatable bonds is 7. The van der Waals surface area contributed by atoms with E-state index >= 15 is 0 Å². The third-order valence-electron chi connectivity index (χ3n) is 3.21. The molecule has 0 atom stereocenters. The number of benzene rings is 2. The van der Waals surface area contributed by atoms with Gasteiger partial charge in [0.1, 0.15) is 5.75 Å². The van der Waals surface area contributed by atoms with Crippen molar-refractivity contribution in [3.8, 4) is 5.75 Å². The predicted octanol–water partition coefficient (Wildman–Crippen LogP) is 3.76. The first-order valence-corrected chi connectivity index (χ1v) is 7.15. The highest BCUT2D eigenvalue weighted by molar-refractivity contribution is 5.27. The molecule has 0 fully saturated rings. The van der Waals surface area contributed by atoms with E-state index in [1.165, 1.54) is 11.1 Å². The van der Waals surface area contributed by atoms with Gasteiger partial charge in [0.15, 0.2) is 0 Å². The van der Waals surface area contributed by atoms with Crippen molar-refractivity contribution in [2.75, 3.05) is 20.7 Å². The molecule has 2 rings (SSSR count). The first-order valence-electron chi connectivity index (χ1n) is 7.15. The van der Waals surface area contributed by atoms with Crippen LogP contribution in [-0.4, -0.2) is 25.6 Å². The van der Waals surface area contributed by atoms with Crippen LogP contribution in [0.5, 0.6) is 5.75 Å². The number of ether oxygens (including phenoxy) is 1. The molecule has 0 radical (unpaired) electrons. The molecule has 2 aromatic carbocycles. The highest BCUT2D eigenvalue weighted by Gasteiger charge is 2.03. The fourth-order valence-electron chi connectivity index (χ4n) is 2.27. The SMILES string of the molecule is CN(C)Cc1ccccc1CCCOc1ccccc1. The van der Waals surface area contributed by atoms with Crippen molar-refractivity contribution in [3.05, 3.63) is 65.7 Å². The second kappa shape index (κ2) is 7.71. The molecule has 0 aliphatic heterocycles. The van der Waals surface area contributed by atoms with Gasteiger partial charge in [-0.2, -0.15) is 0 Å². The summed E-state index contributed by atoms with van der Waals surface area (Å²) in [4.78, 5) is 2.21. The fourth-order valence-corrected chi connectivity index (χ4v) is 2.27. The van der Waals surface area contributed by atoms with Gasteiger partial charge in [-0.15, -0.1) is 0 Å². The quantitative estimate of drug-likeness (QED) is 0.710. The first kappa shape index (κ1) is 14.6. The maximum atomic E-state index is 5.74. The Hall–Kier alpha value is -1.80. The van der Waals surface area contributed by atoms with E-state index in [1.807, 2.05) is 30.3 Å². The van der Waals surface area contributed by atoms with E-state index in [9.17, 15) is 0 Å². The van der Waals surface area contributed by atoms with Crippen LogP contribution >= 0.6 is 0 Å². The molecule has 0 spiro atoms. The number of nitrogens with zero attached hydrogens (tertiary/aromatic N) is 1. The van der Waals surface area contributed by atoms with Crippen LogP contribution in [0.3, 0.4) is 0 Å². The predicted molar refractivity (Wildman–Crippen MR) is 84.1 cm³/mol. The Balaban J connectivity index is 1.82. The molecular weight excluding hydrogens is 246 g/mol. The van der Waals surface area contributed by atoms with E-state index in [-0.39, 0.29) is 0 Å². The molecular formula is C18H23NO. The lowest BCUT2D eigenvalue weighted by molar-refractivity contribution is 0.310. The molecule has 0 unspecified atom stereocenters. The Morgan fingerprint density at radius 1 is 0.850 bits per heavy atom. The summed E-state index contributed by atoms with van der Waals surface area (Å²) < 4.78 is 5.74. The molecule has 0 aliphatic carbocycles. The van der Waals surface area contributed by atoms with Crippen molar-refractivity contribution < 1.29 is 4.74 Å². The summed E-state index contributed by atoms with van der Waals surface area (Å²) in [5, 5.41) is 0. The van der Waals surface area contributed by atoms with Crippen LogP contribution in [-0.2, 0) is 13.0 Å². The van der Waals surface area contributed by atoms with Crippen LogP contribution in [0.15, 0.2) is 54.6 Å². The van der Waals surface area contributed by atoms with Gasteiger partial charge in [0, 0.05) is 6.54 Å². The lowest BCUT2D eigenvalue weighted by atomic mass is 10.0. The lowest BCUT2D eigenvalue weighted by Gasteiger charge is -2.14. The van der Waals surface area contributed by atoms with E-state index < -0.39 is 0 Å². The van der Waals surface area contributed by atoms with Gasteiger partial charge in [-0.25, -0.2) is 0 Å². The molecule has 20 heavy (non-hydrogen) atoms. The van der Waals surface area contributed by atoms with Crippen molar-refractivity contribution in [1.29, 1.82) is 0 Å². The van der Waals surface area contributed by atoms with Crippen LogP contribution in [0.4, 0.5) is 0 Å². The summed E-state index contributed by atoms with van der Waals surface area (Å²) in [6.07, 6.45) is 2.11.